The fraction of sp³-hybridized carbons (Fsp3) is 0.571. The van der Waals surface area contributed by atoms with Crippen molar-refractivity contribution < 1.29 is 9.47 Å². The van der Waals surface area contributed by atoms with Crippen LogP contribution in [0.25, 0.3) is 0 Å². The molecule has 0 atom stereocenters. The van der Waals surface area contributed by atoms with Crippen LogP contribution in [0.5, 0.6) is 5.75 Å². The van der Waals surface area contributed by atoms with E-state index in [0.29, 0.717) is 0 Å². The SMILES string of the molecule is CCc1cc(C2(CCS)COC2)ccc1OC. The van der Waals surface area contributed by atoms with Gasteiger partial charge in [0.25, 0.3) is 0 Å². The Labute approximate surface area is 109 Å². The molecule has 0 radical (unpaired) electrons. The van der Waals surface area contributed by atoms with E-state index in [0.717, 1.165) is 37.6 Å². The highest BCUT2D eigenvalue weighted by Crippen LogP contribution is 2.38. The number of ether oxygens (including phenoxy) is 2. The first-order chi connectivity index (χ1) is 8.25. The third-order valence-corrected chi connectivity index (χ3v) is 3.84. The third-order valence-electron chi connectivity index (χ3n) is 3.62. The molecule has 1 aliphatic heterocycles. The highest BCUT2D eigenvalue weighted by Gasteiger charge is 2.39. The maximum atomic E-state index is 5.41. The quantitative estimate of drug-likeness (QED) is 0.812. The predicted octanol–water partition coefficient (Wildman–Crippen LogP) is 2.85. The Balaban J connectivity index is 2.32. The number of hydrogen-bond acceptors (Lipinski definition) is 3. The molecular weight excluding hydrogens is 232 g/mol. The van der Waals surface area contributed by atoms with Gasteiger partial charge in [0.2, 0.25) is 0 Å². The summed E-state index contributed by atoms with van der Waals surface area (Å²) in [5, 5.41) is 0. The lowest BCUT2D eigenvalue weighted by molar-refractivity contribution is -0.0614. The van der Waals surface area contributed by atoms with E-state index in [2.05, 4.69) is 37.8 Å². The van der Waals surface area contributed by atoms with E-state index >= 15 is 0 Å². The Morgan fingerprint density at radius 2 is 2.18 bits per heavy atom. The third kappa shape index (κ3) is 2.31. The second-order valence-electron chi connectivity index (χ2n) is 4.63. The molecule has 2 nitrogen and oxygen atoms in total. The molecule has 1 heterocycles. The van der Waals surface area contributed by atoms with E-state index < -0.39 is 0 Å². The van der Waals surface area contributed by atoms with Gasteiger partial charge in [-0.3, -0.25) is 0 Å². The van der Waals surface area contributed by atoms with Gasteiger partial charge in [0.05, 0.1) is 20.3 Å². The number of rotatable bonds is 5. The molecule has 0 saturated carbocycles. The standard InChI is InChI=1S/C14H20O2S/c1-3-11-8-12(4-5-13(11)15-2)14(6-7-17)9-16-10-14/h4-5,8,17H,3,6-7,9-10H2,1-2H3. The highest BCUT2D eigenvalue weighted by atomic mass is 32.1. The largest absolute Gasteiger partial charge is 0.496 e. The minimum absolute atomic E-state index is 0.192. The van der Waals surface area contributed by atoms with Gasteiger partial charge in [-0.05, 0) is 35.8 Å². The number of benzene rings is 1. The van der Waals surface area contributed by atoms with E-state index in [1.807, 2.05) is 0 Å². The molecule has 0 aromatic heterocycles. The average molecular weight is 252 g/mol. The minimum Gasteiger partial charge on any atom is -0.496 e. The van der Waals surface area contributed by atoms with Crippen LogP contribution in [0.1, 0.15) is 24.5 Å². The molecule has 94 valence electrons. The lowest BCUT2D eigenvalue weighted by Gasteiger charge is -2.42. The summed E-state index contributed by atoms with van der Waals surface area (Å²) in [5.41, 5.74) is 2.84. The summed E-state index contributed by atoms with van der Waals surface area (Å²) >= 11 is 4.36. The molecule has 1 aliphatic rings. The molecule has 0 bridgehead atoms. The van der Waals surface area contributed by atoms with Crippen molar-refractivity contribution in [2.24, 2.45) is 0 Å². The van der Waals surface area contributed by atoms with Gasteiger partial charge in [0.15, 0.2) is 0 Å². The van der Waals surface area contributed by atoms with Gasteiger partial charge in [-0.1, -0.05) is 19.1 Å². The Morgan fingerprint density at radius 1 is 1.41 bits per heavy atom. The molecule has 3 heteroatoms. The molecule has 17 heavy (non-hydrogen) atoms. The van der Waals surface area contributed by atoms with Crippen molar-refractivity contribution in [3.8, 4) is 5.75 Å². The van der Waals surface area contributed by atoms with Crippen LogP contribution >= 0.6 is 12.6 Å². The summed E-state index contributed by atoms with van der Waals surface area (Å²) in [4.78, 5) is 0. The monoisotopic (exact) mass is 252 g/mol. The van der Waals surface area contributed by atoms with Crippen molar-refractivity contribution in [2.45, 2.75) is 25.2 Å². The molecule has 0 amide bonds. The first kappa shape index (κ1) is 12.8. The number of hydrogen-bond donors (Lipinski definition) is 1. The zero-order valence-electron chi connectivity index (χ0n) is 10.5. The fourth-order valence-corrected chi connectivity index (χ4v) is 2.83. The smallest absolute Gasteiger partial charge is 0.122 e. The molecule has 1 aromatic carbocycles. The van der Waals surface area contributed by atoms with Crippen LogP contribution in [0.15, 0.2) is 18.2 Å². The molecule has 0 aliphatic carbocycles. The first-order valence-corrected chi connectivity index (χ1v) is 6.75. The highest BCUT2D eigenvalue weighted by molar-refractivity contribution is 7.80. The molecule has 0 N–H and O–H groups in total. The van der Waals surface area contributed by atoms with Crippen LogP contribution in [-0.4, -0.2) is 26.1 Å². The molecule has 1 saturated heterocycles. The van der Waals surface area contributed by atoms with Gasteiger partial charge in [-0.15, -0.1) is 0 Å². The maximum Gasteiger partial charge on any atom is 0.122 e. The van der Waals surface area contributed by atoms with E-state index in [9.17, 15) is 0 Å². The molecule has 2 rings (SSSR count). The Kier molecular flexibility index (Phi) is 4.00. The van der Waals surface area contributed by atoms with Crippen molar-refractivity contribution >= 4 is 12.6 Å². The number of thiol groups is 1. The fourth-order valence-electron chi connectivity index (χ4n) is 2.40. The van der Waals surface area contributed by atoms with Crippen molar-refractivity contribution in [3.63, 3.8) is 0 Å². The predicted molar refractivity (Wildman–Crippen MR) is 73.3 cm³/mol. The normalized spacial score (nSPS) is 17.6. The summed E-state index contributed by atoms with van der Waals surface area (Å²) < 4.78 is 10.8. The molecule has 0 spiro atoms. The van der Waals surface area contributed by atoms with Gasteiger partial charge in [-0.2, -0.15) is 12.6 Å². The second kappa shape index (κ2) is 5.32. The van der Waals surface area contributed by atoms with Crippen LogP contribution in [0.3, 0.4) is 0 Å². The molecular formula is C14H20O2S. The Hall–Kier alpha value is -0.670. The van der Waals surface area contributed by atoms with Crippen molar-refractivity contribution in [2.75, 3.05) is 26.1 Å². The van der Waals surface area contributed by atoms with Crippen LogP contribution in [0.2, 0.25) is 0 Å². The molecule has 1 aromatic rings. The first-order valence-electron chi connectivity index (χ1n) is 6.12. The van der Waals surface area contributed by atoms with E-state index in [1.165, 1.54) is 11.1 Å². The summed E-state index contributed by atoms with van der Waals surface area (Å²) in [6, 6.07) is 6.52. The van der Waals surface area contributed by atoms with Crippen LogP contribution < -0.4 is 4.74 Å². The van der Waals surface area contributed by atoms with Crippen molar-refractivity contribution in [1.29, 1.82) is 0 Å². The van der Waals surface area contributed by atoms with Gasteiger partial charge in [-0.25, -0.2) is 0 Å². The zero-order chi connectivity index (χ0) is 12.3. The van der Waals surface area contributed by atoms with Crippen LogP contribution in [0.4, 0.5) is 0 Å². The maximum absolute atomic E-state index is 5.41. The van der Waals surface area contributed by atoms with Crippen LogP contribution in [0, 0.1) is 0 Å². The van der Waals surface area contributed by atoms with E-state index in [1.54, 1.807) is 7.11 Å². The minimum atomic E-state index is 0.192. The Bertz CT molecular complexity index is 386. The molecule has 1 fully saturated rings. The summed E-state index contributed by atoms with van der Waals surface area (Å²) in [7, 11) is 1.73. The Morgan fingerprint density at radius 3 is 2.65 bits per heavy atom. The van der Waals surface area contributed by atoms with E-state index in [-0.39, 0.29) is 5.41 Å². The lowest BCUT2D eigenvalue weighted by Crippen LogP contribution is -2.47. The summed E-state index contributed by atoms with van der Waals surface area (Å²) in [6.07, 6.45) is 2.07. The molecule has 0 unspecified atom stereocenters. The average Bonchev–Trinajstić information content (AvgIpc) is 2.33. The van der Waals surface area contributed by atoms with E-state index in [4.69, 9.17) is 9.47 Å². The van der Waals surface area contributed by atoms with Crippen LogP contribution in [-0.2, 0) is 16.6 Å². The lowest BCUT2D eigenvalue weighted by atomic mass is 9.76. The zero-order valence-corrected chi connectivity index (χ0v) is 11.4. The van der Waals surface area contributed by atoms with Gasteiger partial charge in [0, 0.05) is 5.41 Å². The van der Waals surface area contributed by atoms with Crippen molar-refractivity contribution in [3.05, 3.63) is 29.3 Å². The number of aryl methyl sites for hydroxylation is 1. The van der Waals surface area contributed by atoms with Gasteiger partial charge < -0.3 is 9.47 Å². The van der Waals surface area contributed by atoms with Gasteiger partial charge in [0.1, 0.15) is 5.75 Å². The van der Waals surface area contributed by atoms with Crippen molar-refractivity contribution in [1.82, 2.24) is 0 Å². The number of methoxy groups -OCH3 is 1. The second-order valence-corrected chi connectivity index (χ2v) is 5.07. The topological polar surface area (TPSA) is 18.5 Å². The summed E-state index contributed by atoms with van der Waals surface area (Å²) in [6.45, 7) is 3.80. The summed E-state index contributed by atoms with van der Waals surface area (Å²) in [5.74, 6) is 1.88. The van der Waals surface area contributed by atoms with Gasteiger partial charge >= 0.3 is 0 Å².